The molecule has 0 unspecified atom stereocenters. The Morgan fingerprint density at radius 2 is 1.15 bits per heavy atom. The van der Waals surface area contributed by atoms with Gasteiger partial charge in [0, 0.05) is 17.1 Å². The molecule has 0 spiro atoms. The van der Waals surface area contributed by atoms with Gasteiger partial charge in [0.05, 0.1) is 0 Å². The fourth-order valence-electron chi connectivity index (χ4n) is 5.00. The van der Waals surface area contributed by atoms with Crippen LogP contribution in [0.25, 0.3) is 10.9 Å². The van der Waals surface area contributed by atoms with Gasteiger partial charge in [-0.05, 0) is 50.6 Å². The van der Waals surface area contributed by atoms with Crippen molar-refractivity contribution in [2.45, 2.75) is 136 Å². The Kier molecular flexibility index (Phi) is 16.2. The molecule has 0 atom stereocenters. The summed E-state index contributed by atoms with van der Waals surface area (Å²) in [4.78, 5) is 3.40. The number of nitrogens with one attached hydrogen (secondary N) is 2. The van der Waals surface area contributed by atoms with E-state index in [1.807, 2.05) is 0 Å². The molecule has 2 heteroatoms. The molecule has 0 aliphatic rings. The summed E-state index contributed by atoms with van der Waals surface area (Å²) in [6, 6.07) is 6.68. The first-order valence-electron chi connectivity index (χ1n) is 14.6. The van der Waals surface area contributed by atoms with Gasteiger partial charge < -0.3 is 10.3 Å². The van der Waals surface area contributed by atoms with Crippen LogP contribution in [0.15, 0.2) is 24.4 Å². The highest BCUT2D eigenvalue weighted by molar-refractivity contribution is 5.83. The van der Waals surface area contributed by atoms with Crippen LogP contribution in [-0.4, -0.2) is 18.1 Å². The number of unbranched alkanes of at least 4 members (excludes halogenated alkanes) is 17. The van der Waals surface area contributed by atoms with Crippen molar-refractivity contribution in [3.05, 3.63) is 35.5 Å². The van der Waals surface area contributed by atoms with Crippen molar-refractivity contribution in [1.82, 2.24) is 10.3 Å². The summed E-state index contributed by atoms with van der Waals surface area (Å²) in [5.41, 5.74) is 4.05. The van der Waals surface area contributed by atoms with Crippen LogP contribution in [0, 0.1) is 6.92 Å². The van der Waals surface area contributed by atoms with E-state index in [-0.39, 0.29) is 0 Å². The molecule has 0 saturated carbocycles. The second kappa shape index (κ2) is 19.1. The van der Waals surface area contributed by atoms with Gasteiger partial charge in [-0.1, -0.05) is 128 Å². The first kappa shape index (κ1) is 28.0. The molecule has 1 aromatic heterocycles. The Bertz CT molecular complexity index is 702. The zero-order valence-electron chi connectivity index (χ0n) is 22.2. The molecular formula is C31H54N2. The average molecular weight is 455 g/mol. The third-order valence-electron chi connectivity index (χ3n) is 7.20. The van der Waals surface area contributed by atoms with Gasteiger partial charge in [-0.25, -0.2) is 0 Å². The minimum Gasteiger partial charge on any atom is -0.361 e. The molecule has 188 valence electrons. The van der Waals surface area contributed by atoms with Crippen LogP contribution in [0.4, 0.5) is 0 Å². The van der Waals surface area contributed by atoms with Crippen LogP contribution in [0.1, 0.15) is 134 Å². The Labute approximate surface area is 205 Å². The molecule has 33 heavy (non-hydrogen) atoms. The molecule has 0 fully saturated rings. The molecule has 0 bridgehead atoms. The smallest absolute Gasteiger partial charge is 0.0456 e. The molecule has 0 radical (unpaired) electrons. The minimum absolute atomic E-state index is 1.08. The fourth-order valence-corrected chi connectivity index (χ4v) is 5.00. The van der Waals surface area contributed by atoms with E-state index in [4.69, 9.17) is 0 Å². The summed E-state index contributed by atoms with van der Waals surface area (Å²) < 4.78 is 0. The number of aryl methyl sites for hydroxylation is 1. The highest BCUT2D eigenvalue weighted by atomic mass is 14.8. The molecule has 2 nitrogen and oxygen atoms in total. The van der Waals surface area contributed by atoms with Crippen molar-refractivity contribution in [3.8, 4) is 0 Å². The summed E-state index contributed by atoms with van der Waals surface area (Å²) in [7, 11) is 0. The Morgan fingerprint density at radius 3 is 1.70 bits per heavy atom. The van der Waals surface area contributed by atoms with Gasteiger partial charge >= 0.3 is 0 Å². The summed E-state index contributed by atoms with van der Waals surface area (Å²) in [5, 5.41) is 5.04. The molecule has 1 heterocycles. The standard InChI is InChI=1S/C31H54N2/c1-3-4-5-6-7-8-9-10-11-12-13-14-15-16-17-18-19-20-24-32-25-23-29-27-33-31-22-21-28(2)26-30(29)31/h21-22,26-27,32-33H,3-20,23-25H2,1-2H3. The summed E-state index contributed by atoms with van der Waals surface area (Å²) in [5.74, 6) is 0. The maximum Gasteiger partial charge on any atom is 0.0456 e. The predicted octanol–water partition coefficient (Wildman–Crippen LogP) is 9.65. The minimum atomic E-state index is 1.08. The van der Waals surface area contributed by atoms with Gasteiger partial charge in [0.25, 0.3) is 0 Å². The van der Waals surface area contributed by atoms with Gasteiger partial charge in [0.15, 0.2) is 0 Å². The Hall–Kier alpha value is -1.28. The van der Waals surface area contributed by atoms with Gasteiger partial charge in [-0.15, -0.1) is 0 Å². The first-order chi connectivity index (χ1) is 16.3. The van der Waals surface area contributed by atoms with Gasteiger partial charge in [0.2, 0.25) is 0 Å². The van der Waals surface area contributed by atoms with Crippen LogP contribution in [0.2, 0.25) is 0 Å². The molecule has 2 aromatic rings. The molecule has 0 saturated heterocycles. The lowest BCUT2D eigenvalue weighted by Gasteiger charge is -2.05. The fraction of sp³-hybridized carbons (Fsp3) is 0.742. The van der Waals surface area contributed by atoms with Crippen LogP contribution in [0.5, 0.6) is 0 Å². The first-order valence-corrected chi connectivity index (χ1v) is 14.6. The van der Waals surface area contributed by atoms with Crippen LogP contribution >= 0.6 is 0 Å². The van der Waals surface area contributed by atoms with Gasteiger partial charge in [-0.3, -0.25) is 0 Å². The average Bonchev–Trinajstić information content (AvgIpc) is 3.22. The quantitative estimate of drug-likeness (QED) is 0.170. The largest absolute Gasteiger partial charge is 0.361 e. The van der Waals surface area contributed by atoms with E-state index in [0.29, 0.717) is 0 Å². The van der Waals surface area contributed by atoms with Crippen molar-refractivity contribution in [1.29, 1.82) is 0 Å². The second-order valence-electron chi connectivity index (χ2n) is 10.4. The zero-order chi connectivity index (χ0) is 23.4. The monoisotopic (exact) mass is 454 g/mol. The molecule has 0 aliphatic carbocycles. The number of aromatic nitrogens is 1. The SMILES string of the molecule is CCCCCCCCCCCCCCCCCCCCNCCc1c[nH]c2ccc(C)cc12. The number of hydrogen-bond donors (Lipinski definition) is 2. The second-order valence-corrected chi connectivity index (χ2v) is 10.4. The molecule has 0 amide bonds. The van der Waals surface area contributed by atoms with E-state index in [1.54, 1.807) is 0 Å². The maximum atomic E-state index is 3.64. The van der Waals surface area contributed by atoms with Crippen LogP contribution < -0.4 is 5.32 Å². The molecule has 2 N–H and O–H groups in total. The Morgan fingerprint density at radius 1 is 0.636 bits per heavy atom. The summed E-state index contributed by atoms with van der Waals surface area (Å²) >= 11 is 0. The summed E-state index contributed by atoms with van der Waals surface area (Å²) in [6.45, 7) is 6.72. The molecular weight excluding hydrogens is 400 g/mol. The number of H-pyrrole nitrogens is 1. The Balaban J connectivity index is 1.28. The highest BCUT2D eigenvalue weighted by Gasteiger charge is 2.03. The number of aromatic amines is 1. The van der Waals surface area contributed by atoms with Gasteiger partial charge in [0.1, 0.15) is 0 Å². The molecule has 1 aromatic carbocycles. The van der Waals surface area contributed by atoms with Crippen LogP contribution in [-0.2, 0) is 6.42 Å². The van der Waals surface area contributed by atoms with E-state index >= 15 is 0 Å². The molecule has 0 aliphatic heterocycles. The van der Waals surface area contributed by atoms with E-state index in [9.17, 15) is 0 Å². The number of benzene rings is 1. The van der Waals surface area contributed by atoms with Crippen molar-refractivity contribution in [2.75, 3.05) is 13.1 Å². The lowest BCUT2D eigenvalue weighted by atomic mass is 10.0. The van der Waals surface area contributed by atoms with E-state index < -0.39 is 0 Å². The maximum absolute atomic E-state index is 3.64. The molecule has 2 rings (SSSR count). The number of hydrogen-bond acceptors (Lipinski definition) is 1. The van der Waals surface area contributed by atoms with Crippen molar-refractivity contribution >= 4 is 10.9 Å². The van der Waals surface area contributed by atoms with Crippen molar-refractivity contribution < 1.29 is 0 Å². The van der Waals surface area contributed by atoms with Crippen LogP contribution in [0.3, 0.4) is 0 Å². The predicted molar refractivity (Wildman–Crippen MR) is 148 cm³/mol. The topological polar surface area (TPSA) is 27.8 Å². The van der Waals surface area contributed by atoms with Crippen molar-refractivity contribution in [3.63, 3.8) is 0 Å². The summed E-state index contributed by atoms with van der Waals surface area (Å²) in [6.07, 6.45) is 29.3. The lowest BCUT2D eigenvalue weighted by molar-refractivity contribution is 0.522. The highest BCUT2D eigenvalue weighted by Crippen LogP contribution is 2.20. The number of rotatable bonds is 22. The van der Waals surface area contributed by atoms with E-state index in [1.165, 1.54) is 144 Å². The number of fused-ring (bicyclic) bond motifs is 1. The van der Waals surface area contributed by atoms with E-state index in [2.05, 4.69) is 48.5 Å². The van der Waals surface area contributed by atoms with Crippen molar-refractivity contribution in [2.24, 2.45) is 0 Å². The normalized spacial score (nSPS) is 11.6. The third kappa shape index (κ3) is 13.3. The third-order valence-corrected chi connectivity index (χ3v) is 7.20. The zero-order valence-corrected chi connectivity index (χ0v) is 22.2. The lowest BCUT2D eigenvalue weighted by Crippen LogP contribution is -2.18. The van der Waals surface area contributed by atoms with E-state index in [0.717, 1.165) is 13.0 Å². The van der Waals surface area contributed by atoms with Gasteiger partial charge in [-0.2, -0.15) is 0 Å².